The highest BCUT2D eigenvalue weighted by atomic mass is 32.1. The van der Waals surface area contributed by atoms with E-state index < -0.39 is 5.60 Å². The summed E-state index contributed by atoms with van der Waals surface area (Å²) in [6, 6.07) is 11.9. The van der Waals surface area contributed by atoms with Gasteiger partial charge in [-0.1, -0.05) is 23.5 Å². The minimum Gasteiger partial charge on any atom is -0.496 e. The summed E-state index contributed by atoms with van der Waals surface area (Å²) in [6.07, 6.45) is -0.122. The van der Waals surface area contributed by atoms with Gasteiger partial charge in [0.25, 0.3) is 0 Å². The summed E-state index contributed by atoms with van der Waals surface area (Å²) in [5.41, 5.74) is 4.89. The molecular formula is C29H33N5O4S. The van der Waals surface area contributed by atoms with Gasteiger partial charge in [0.2, 0.25) is 5.91 Å². The number of aryl methyl sites for hydroxylation is 2. The molecule has 0 fully saturated rings. The fourth-order valence-electron chi connectivity index (χ4n) is 4.62. The average Bonchev–Trinajstić information content (AvgIpc) is 3.41. The molecule has 0 unspecified atom stereocenters. The van der Waals surface area contributed by atoms with Crippen LogP contribution in [-0.2, 0) is 29.0 Å². The van der Waals surface area contributed by atoms with Gasteiger partial charge in [0.15, 0.2) is 0 Å². The first kappa shape index (κ1) is 26.7. The Labute approximate surface area is 231 Å². The number of carbonyl (C=O) groups is 2. The molecule has 1 aliphatic heterocycles. The van der Waals surface area contributed by atoms with Crippen LogP contribution in [0.4, 0.5) is 9.80 Å². The smallest absolute Gasteiger partial charge is 0.410 e. The molecular weight excluding hydrogens is 514 g/mol. The number of methoxy groups -OCH3 is 1. The Balaban J connectivity index is 1.28. The van der Waals surface area contributed by atoms with E-state index in [4.69, 9.17) is 14.5 Å². The van der Waals surface area contributed by atoms with Crippen molar-refractivity contribution in [3.63, 3.8) is 0 Å². The summed E-state index contributed by atoms with van der Waals surface area (Å²) in [5.74, 6) is 1.44. The van der Waals surface area contributed by atoms with Crippen LogP contribution >= 0.6 is 11.3 Å². The van der Waals surface area contributed by atoms with Gasteiger partial charge >= 0.3 is 6.09 Å². The number of amides is 2. The minimum absolute atomic E-state index is 0.122. The molecule has 0 saturated heterocycles. The maximum atomic E-state index is 13.0. The molecule has 2 aromatic heterocycles. The first-order valence-electron chi connectivity index (χ1n) is 12.9. The minimum atomic E-state index is -0.545. The molecule has 39 heavy (non-hydrogen) atoms. The van der Waals surface area contributed by atoms with Crippen molar-refractivity contribution in [2.75, 3.05) is 19.0 Å². The van der Waals surface area contributed by atoms with Gasteiger partial charge < -0.3 is 19.4 Å². The summed E-state index contributed by atoms with van der Waals surface area (Å²) in [5, 5.41) is 4.54. The van der Waals surface area contributed by atoms with Gasteiger partial charge in [-0.2, -0.15) is 0 Å². The summed E-state index contributed by atoms with van der Waals surface area (Å²) in [4.78, 5) is 36.6. The van der Waals surface area contributed by atoms with Crippen molar-refractivity contribution in [3.8, 4) is 16.3 Å². The number of ether oxygens (including phenoxy) is 2. The number of benzene rings is 2. The molecule has 0 bridgehead atoms. The Morgan fingerprint density at radius 1 is 1.08 bits per heavy atom. The lowest BCUT2D eigenvalue weighted by molar-refractivity contribution is -0.115. The van der Waals surface area contributed by atoms with Crippen LogP contribution in [0, 0.1) is 13.8 Å². The molecule has 0 spiro atoms. The first-order valence-corrected chi connectivity index (χ1v) is 13.7. The second kappa shape index (κ2) is 10.3. The van der Waals surface area contributed by atoms with E-state index in [9.17, 15) is 9.59 Å². The van der Waals surface area contributed by atoms with Crippen LogP contribution < -0.4 is 10.1 Å². The third-order valence-corrected chi connectivity index (χ3v) is 7.58. The molecule has 2 amide bonds. The number of nitrogens with zero attached hydrogens (tertiary/aromatic N) is 4. The second-order valence-electron chi connectivity index (χ2n) is 10.8. The number of aromatic nitrogens is 3. The quantitative estimate of drug-likeness (QED) is 0.343. The molecule has 0 atom stereocenters. The molecule has 0 saturated carbocycles. The van der Waals surface area contributed by atoms with E-state index in [1.807, 2.05) is 71.0 Å². The Morgan fingerprint density at radius 2 is 1.87 bits per heavy atom. The lowest BCUT2D eigenvalue weighted by atomic mass is 10.1. The number of nitrogens with one attached hydrogen (secondary N) is 1. The summed E-state index contributed by atoms with van der Waals surface area (Å²) in [6.45, 7) is 11.1. The number of carbonyl (C=O) groups excluding carboxylic acids is 2. The van der Waals surface area contributed by atoms with Crippen LogP contribution in [0.2, 0.25) is 0 Å². The highest BCUT2D eigenvalue weighted by Gasteiger charge is 2.27. The number of hydrogen-bond acceptors (Lipinski definition) is 7. The molecule has 2 aromatic carbocycles. The predicted octanol–water partition coefficient (Wildman–Crippen LogP) is 5.72. The Hall–Kier alpha value is -3.92. The maximum Gasteiger partial charge on any atom is 0.410 e. The van der Waals surface area contributed by atoms with Crippen LogP contribution in [0.1, 0.15) is 43.4 Å². The molecule has 5 rings (SSSR count). The third kappa shape index (κ3) is 5.75. The Morgan fingerprint density at radius 3 is 2.62 bits per heavy atom. The molecule has 9 nitrogen and oxygen atoms in total. The predicted molar refractivity (Wildman–Crippen MR) is 152 cm³/mol. The maximum absolute atomic E-state index is 13.0. The highest BCUT2D eigenvalue weighted by molar-refractivity contribution is 7.19. The second-order valence-corrected chi connectivity index (χ2v) is 11.8. The zero-order chi connectivity index (χ0) is 27.9. The van der Waals surface area contributed by atoms with Crippen molar-refractivity contribution in [2.24, 2.45) is 0 Å². The Kier molecular flexibility index (Phi) is 7.07. The van der Waals surface area contributed by atoms with E-state index in [0.717, 1.165) is 55.0 Å². The lowest BCUT2D eigenvalue weighted by Gasteiger charge is -2.30. The van der Waals surface area contributed by atoms with Gasteiger partial charge in [0.05, 0.1) is 42.4 Å². The summed E-state index contributed by atoms with van der Waals surface area (Å²) < 4.78 is 13.2. The van der Waals surface area contributed by atoms with Crippen LogP contribution in [0.15, 0.2) is 36.4 Å². The largest absolute Gasteiger partial charge is 0.496 e. The van der Waals surface area contributed by atoms with Crippen molar-refractivity contribution in [1.29, 1.82) is 0 Å². The number of anilines is 1. The van der Waals surface area contributed by atoms with Crippen LogP contribution in [-0.4, -0.2) is 50.7 Å². The van der Waals surface area contributed by atoms with E-state index in [2.05, 4.69) is 14.9 Å². The SMILES string of the molecule is COc1cc(C)ccc1-c1nc(C)c(NC(=O)Cc2ccc3c(c2)nc2n3CCN(C(=O)OC(C)(C)C)C2)s1. The number of thiazole rings is 1. The van der Waals surface area contributed by atoms with Crippen molar-refractivity contribution < 1.29 is 19.1 Å². The van der Waals surface area contributed by atoms with E-state index in [0.29, 0.717) is 19.6 Å². The van der Waals surface area contributed by atoms with E-state index in [-0.39, 0.29) is 18.4 Å². The fraction of sp³-hybridized carbons (Fsp3) is 0.379. The molecule has 3 heterocycles. The van der Waals surface area contributed by atoms with Crippen LogP contribution in [0.5, 0.6) is 5.75 Å². The summed E-state index contributed by atoms with van der Waals surface area (Å²) >= 11 is 1.43. The zero-order valence-corrected chi connectivity index (χ0v) is 23.9. The normalized spacial score (nSPS) is 13.3. The number of fused-ring (bicyclic) bond motifs is 3. The van der Waals surface area contributed by atoms with Gasteiger partial charge in [-0.05, 0) is 70.0 Å². The van der Waals surface area contributed by atoms with Gasteiger partial charge in [-0.15, -0.1) is 0 Å². The van der Waals surface area contributed by atoms with Crippen LogP contribution in [0.25, 0.3) is 21.6 Å². The third-order valence-electron chi connectivity index (χ3n) is 6.47. The number of imidazole rings is 1. The van der Waals surface area contributed by atoms with Crippen molar-refractivity contribution >= 4 is 39.4 Å². The average molecular weight is 548 g/mol. The lowest BCUT2D eigenvalue weighted by Crippen LogP contribution is -2.41. The first-order chi connectivity index (χ1) is 18.5. The fourth-order valence-corrected chi connectivity index (χ4v) is 5.63. The number of hydrogen-bond donors (Lipinski definition) is 1. The van der Waals surface area contributed by atoms with Crippen molar-refractivity contribution in [3.05, 3.63) is 59.0 Å². The monoisotopic (exact) mass is 547 g/mol. The highest BCUT2D eigenvalue weighted by Crippen LogP contribution is 2.37. The van der Waals surface area contributed by atoms with E-state index >= 15 is 0 Å². The molecule has 10 heteroatoms. The topological polar surface area (TPSA) is 98.6 Å². The molecule has 204 valence electrons. The van der Waals surface area contributed by atoms with Gasteiger partial charge in [-0.3, -0.25) is 9.69 Å². The van der Waals surface area contributed by atoms with Crippen LogP contribution in [0.3, 0.4) is 0 Å². The molecule has 0 aliphatic carbocycles. The van der Waals surface area contributed by atoms with Gasteiger partial charge in [0, 0.05) is 13.1 Å². The Bertz CT molecular complexity index is 1570. The molecule has 1 aliphatic rings. The van der Waals surface area contributed by atoms with Crippen molar-refractivity contribution in [2.45, 2.75) is 59.7 Å². The molecule has 0 radical (unpaired) electrons. The van der Waals surface area contributed by atoms with Crippen molar-refractivity contribution in [1.82, 2.24) is 19.4 Å². The molecule has 1 N–H and O–H groups in total. The number of rotatable bonds is 5. The van der Waals surface area contributed by atoms with Gasteiger partial charge in [-0.25, -0.2) is 14.8 Å². The van der Waals surface area contributed by atoms with E-state index in [1.54, 1.807) is 12.0 Å². The van der Waals surface area contributed by atoms with E-state index in [1.165, 1.54) is 11.3 Å². The molecule has 4 aromatic rings. The standard InChI is InChI=1S/C29H33N5O4S/c1-17-7-9-20(23(13-17)37-6)27-30-18(2)26(39-27)32-25(35)15-19-8-10-22-21(14-19)31-24-16-33(11-12-34(22)24)28(36)38-29(3,4)5/h7-10,13-14H,11-12,15-16H2,1-6H3,(H,32,35). The zero-order valence-electron chi connectivity index (χ0n) is 23.1. The van der Waals surface area contributed by atoms with Gasteiger partial charge in [0.1, 0.15) is 27.2 Å². The summed E-state index contributed by atoms with van der Waals surface area (Å²) in [7, 11) is 1.64.